The van der Waals surface area contributed by atoms with Crippen LogP contribution < -0.4 is 9.80 Å². The number of nitrogens with zero attached hydrogens (tertiary/aromatic N) is 2. The van der Waals surface area contributed by atoms with Gasteiger partial charge >= 0.3 is 0 Å². The van der Waals surface area contributed by atoms with E-state index in [2.05, 4.69) is 242 Å². The fraction of sp³-hybridized carbons (Fsp3) is 0.0877. The van der Waals surface area contributed by atoms with Crippen LogP contribution in [0.4, 0.5) is 28.4 Å². The molecule has 0 spiro atoms. The minimum absolute atomic E-state index is 0.196. The Morgan fingerprint density at radius 2 is 0.949 bits per heavy atom. The van der Waals surface area contributed by atoms with Crippen molar-refractivity contribution >= 4 is 28.4 Å². The van der Waals surface area contributed by atoms with E-state index in [0.717, 1.165) is 17.1 Å². The molecule has 2 heteroatoms. The Kier molecular flexibility index (Phi) is 8.34. The molecule has 8 aromatic carbocycles. The smallest absolute Gasteiger partial charge is 0.0742 e. The molecule has 0 bridgehead atoms. The zero-order valence-electron chi connectivity index (χ0n) is 33.3. The quantitative estimate of drug-likeness (QED) is 0.160. The van der Waals surface area contributed by atoms with Gasteiger partial charge in [0.2, 0.25) is 0 Å². The highest BCUT2D eigenvalue weighted by atomic mass is 15.2. The van der Waals surface area contributed by atoms with Crippen LogP contribution in [0.25, 0.3) is 22.3 Å². The molecule has 1 aliphatic carbocycles. The molecule has 0 radical (unpaired) electrons. The molecule has 0 saturated carbocycles. The second kappa shape index (κ2) is 14.0. The second-order valence-electron chi connectivity index (χ2n) is 16.2. The summed E-state index contributed by atoms with van der Waals surface area (Å²) in [5.41, 5.74) is 19.2. The summed E-state index contributed by atoms with van der Waals surface area (Å²) in [6, 6.07) is 72.4. The van der Waals surface area contributed by atoms with Gasteiger partial charge in [0.1, 0.15) is 0 Å². The molecule has 3 aliphatic rings. The van der Waals surface area contributed by atoms with Gasteiger partial charge in [-0.1, -0.05) is 187 Å². The lowest BCUT2D eigenvalue weighted by molar-refractivity contribution is 0.695. The lowest BCUT2D eigenvalue weighted by atomic mass is 9.62. The van der Waals surface area contributed by atoms with Crippen LogP contribution in [-0.4, -0.2) is 6.04 Å². The van der Waals surface area contributed by atoms with Gasteiger partial charge in [0.25, 0.3) is 0 Å². The first-order valence-corrected chi connectivity index (χ1v) is 20.8. The van der Waals surface area contributed by atoms with Crippen molar-refractivity contribution in [2.24, 2.45) is 0 Å². The molecule has 282 valence electrons. The highest BCUT2D eigenvalue weighted by molar-refractivity contribution is 5.91. The van der Waals surface area contributed by atoms with Crippen molar-refractivity contribution in [1.82, 2.24) is 0 Å². The lowest BCUT2D eigenvalue weighted by Gasteiger charge is -2.47. The van der Waals surface area contributed by atoms with Gasteiger partial charge in [-0.3, -0.25) is 0 Å². The zero-order chi connectivity index (χ0) is 39.5. The molecule has 0 aromatic heterocycles. The molecule has 0 fully saturated rings. The molecular weight excluding hydrogens is 713 g/mol. The molecule has 8 aromatic rings. The molecule has 2 aliphatic heterocycles. The first-order valence-electron chi connectivity index (χ1n) is 20.8. The summed E-state index contributed by atoms with van der Waals surface area (Å²) in [6.45, 7) is 4.37. The largest absolute Gasteiger partial charge is 0.333 e. The average Bonchev–Trinajstić information content (AvgIpc) is 3.64. The highest BCUT2D eigenvalue weighted by Crippen LogP contribution is 2.62. The predicted molar refractivity (Wildman–Crippen MR) is 247 cm³/mol. The number of aryl methyl sites for hydroxylation is 2. The summed E-state index contributed by atoms with van der Waals surface area (Å²) >= 11 is 0. The van der Waals surface area contributed by atoms with Gasteiger partial charge in [-0.25, -0.2) is 0 Å². The molecule has 59 heavy (non-hydrogen) atoms. The van der Waals surface area contributed by atoms with E-state index < -0.39 is 5.41 Å². The lowest BCUT2D eigenvalue weighted by Crippen LogP contribution is -2.40. The van der Waals surface area contributed by atoms with Crippen LogP contribution in [0.2, 0.25) is 0 Å². The summed E-state index contributed by atoms with van der Waals surface area (Å²) < 4.78 is 0. The van der Waals surface area contributed by atoms with Crippen LogP contribution in [0.5, 0.6) is 0 Å². The van der Waals surface area contributed by atoms with Crippen molar-refractivity contribution in [2.45, 2.75) is 31.2 Å². The van der Waals surface area contributed by atoms with Crippen molar-refractivity contribution in [2.75, 3.05) is 9.80 Å². The number of hydrogen-bond acceptors (Lipinski definition) is 2. The Hall–Kier alpha value is -7.16. The maximum absolute atomic E-state index is 2.64. The molecule has 0 amide bonds. The molecule has 0 saturated heterocycles. The first kappa shape index (κ1) is 35.0. The van der Waals surface area contributed by atoms with Crippen molar-refractivity contribution in [3.05, 3.63) is 257 Å². The molecule has 2 atom stereocenters. The van der Waals surface area contributed by atoms with Gasteiger partial charge in [-0.2, -0.15) is 0 Å². The maximum Gasteiger partial charge on any atom is 0.0742 e. The van der Waals surface area contributed by atoms with Crippen LogP contribution in [0.1, 0.15) is 44.9 Å². The van der Waals surface area contributed by atoms with Crippen molar-refractivity contribution in [3.8, 4) is 22.3 Å². The fourth-order valence-electron chi connectivity index (χ4n) is 9.99. The van der Waals surface area contributed by atoms with E-state index in [0.29, 0.717) is 0 Å². The minimum atomic E-state index is -0.588. The standard InChI is InChI=1S/C57H44N2/c1-39-20-28-45(29-21-39)57(46-30-22-40(2)23-31-46)52-18-11-17-51-50-16-9-10-19-54(50)59(56(51)52)55-37-36-49(38-53(55)57)58(47-32-24-43(25-33-47)41-12-5-3-6-13-41)48-34-26-44(27-35-48)42-14-7-4-8-15-42/h3-38,50,54H,1-2H3. The Morgan fingerprint density at radius 1 is 0.441 bits per heavy atom. The number of hydrogen-bond donors (Lipinski definition) is 0. The first-order chi connectivity index (χ1) is 29.1. The molecule has 2 nitrogen and oxygen atoms in total. The van der Waals surface area contributed by atoms with Crippen LogP contribution in [0, 0.1) is 13.8 Å². The monoisotopic (exact) mass is 756 g/mol. The van der Waals surface area contributed by atoms with E-state index >= 15 is 0 Å². The van der Waals surface area contributed by atoms with Crippen LogP contribution in [0.15, 0.2) is 218 Å². The molecule has 11 rings (SSSR count). The van der Waals surface area contributed by atoms with Crippen molar-refractivity contribution in [3.63, 3.8) is 0 Å². The summed E-state index contributed by atoms with van der Waals surface area (Å²) in [6.07, 6.45) is 9.24. The number of benzene rings is 8. The van der Waals surface area contributed by atoms with E-state index in [1.165, 1.54) is 72.6 Å². The Bertz CT molecular complexity index is 2740. The van der Waals surface area contributed by atoms with Gasteiger partial charge < -0.3 is 9.80 Å². The van der Waals surface area contributed by atoms with E-state index in [1.54, 1.807) is 0 Å². The van der Waals surface area contributed by atoms with Gasteiger partial charge in [0, 0.05) is 28.7 Å². The Labute approximate surface area is 347 Å². The molecule has 0 N–H and O–H groups in total. The highest BCUT2D eigenvalue weighted by Gasteiger charge is 2.52. The normalized spacial score (nSPS) is 16.6. The van der Waals surface area contributed by atoms with E-state index in [4.69, 9.17) is 0 Å². The summed E-state index contributed by atoms with van der Waals surface area (Å²) in [5, 5.41) is 0. The number of anilines is 5. The van der Waals surface area contributed by atoms with E-state index in [9.17, 15) is 0 Å². The summed E-state index contributed by atoms with van der Waals surface area (Å²) in [4.78, 5) is 5.07. The number of para-hydroxylation sites is 1. The third-order valence-electron chi connectivity index (χ3n) is 12.8. The average molecular weight is 757 g/mol. The number of allylic oxidation sites excluding steroid dienone is 2. The number of fused-ring (bicyclic) bond motifs is 5. The SMILES string of the molecule is Cc1ccc(C2(c3ccc(C)cc3)c3cc(N(c4ccc(-c5ccccc5)cc4)c4ccc(-c5ccccc5)cc4)ccc3N3c4c(cccc42)C2C=CC=CC23)cc1. The van der Waals surface area contributed by atoms with Crippen LogP contribution in [0.3, 0.4) is 0 Å². The Balaban J connectivity index is 1.17. The Morgan fingerprint density at radius 3 is 1.51 bits per heavy atom. The third-order valence-corrected chi connectivity index (χ3v) is 12.8. The second-order valence-corrected chi connectivity index (χ2v) is 16.2. The maximum atomic E-state index is 2.64. The topological polar surface area (TPSA) is 6.48 Å². The van der Waals surface area contributed by atoms with E-state index in [-0.39, 0.29) is 12.0 Å². The van der Waals surface area contributed by atoms with Crippen LogP contribution >= 0.6 is 0 Å². The molecule has 2 unspecified atom stereocenters. The molecule has 2 heterocycles. The van der Waals surface area contributed by atoms with Gasteiger partial charge in [0.15, 0.2) is 0 Å². The number of rotatable bonds is 7. The minimum Gasteiger partial charge on any atom is -0.333 e. The molecular formula is C57H44N2. The summed E-state index contributed by atoms with van der Waals surface area (Å²) in [7, 11) is 0. The van der Waals surface area contributed by atoms with Gasteiger partial charge in [0.05, 0.1) is 17.1 Å². The van der Waals surface area contributed by atoms with Gasteiger partial charge in [-0.05, 0) is 106 Å². The summed E-state index contributed by atoms with van der Waals surface area (Å²) in [5.74, 6) is 0.275. The van der Waals surface area contributed by atoms with Crippen molar-refractivity contribution < 1.29 is 0 Å². The predicted octanol–water partition coefficient (Wildman–Crippen LogP) is 14.5. The zero-order valence-corrected chi connectivity index (χ0v) is 33.3. The van der Waals surface area contributed by atoms with Crippen molar-refractivity contribution in [1.29, 1.82) is 0 Å². The fourth-order valence-corrected chi connectivity index (χ4v) is 9.99. The van der Waals surface area contributed by atoms with Crippen LogP contribution in [-0.2, 0) is 5.41 Å². The third kappa shape index (κ3) is 5.62. The van der Waals surface area contributed by atoms with Gasteiger partial charge in [-0.15, -0.1) is 0 Å². The van der Waals surface area contributed by atoms with E-state index in [1.807, 2.05) is 0 Å².